The second-order valence-electron chi connectivity index (χ2n) is 3.48. The lowest BCUT2D eigenvalue weighted by molar-refractivity contribution is 0.398. The lowest BCUT2D eigenvalue weighted by Crippen LogP contribution is -2.15. The molecule has 1 aromatic heterocycles. The van der Waals surface area contributed by atoms with Crippen LogP contribution < -0.4 is 5.73 Å². The normalized spacial score (nSPS) is 13.8. The van der Waals surface area contributed by atoms with E-state index in [1.165, 1.54) is 0 Å². The summed E-state index contributed by atoms with van der Waals surface area (Å²) in [5, 5.41) is 0. The molecule has 12 heavy (non-hydrogen) atoms. The highest BCUT2D eigenvalue weighted by atomic mass is 15.1. The first-order valence-corrected chi connectivity index (χ1v) is 4.37. The highest BCUT2D eigenvalue weighted by Crippen LogP contribution is 2.17. The first-order valence-electron chi connectivity index (χ1n) is 4.37. The van der Waals surface area contributed by atoms with Crippen LogP contribution in [0.2, 0.25) is 0 Å². The van der Waals surface area contributed by atoms with Gasteiger partial charge in [-0.2, -0.15) is 0 Å². The highest BCUT2D eigenvalue weighted by molar-refractivity contribution is 4.99. The van der Waals surface area contributed by atoms with Crippen LogP contribution >= 0.6 is 0 Å². The molecule has 1 heterocycles. The number of rotatable bonds is 3. The van der Waals surface area contributed by atoms with Crippen molar-refractivity contribution in [3.8, 4) is 0 Å². The average Bonchev–Trinajstić information content (AvgIpc) is 2.49. The van der Waals surface area contributed by atoms with Gasteiger partial charge in [-0.25, -0.2) is 4.98 Å². The van der Waals surface area contributed by atoms with E-state index in [1.807, 2.05) is 12.5 Å². The van der Waals surface area contributed by atoms with E-state index in [2.05, 4.69) is 30.3 Å². The fourth-order valence-electron chi connectivity index (χ4n) is 1.18. The average molecular weight is 167 g/mol. The fraction of sp³-hybridized carbons (Fsp3) is 0.667. The van der Waals surface area contributed by atoms with Crippen LogP contribution in [0, 0.1) is 5.92 Å². The Morgan fingerprint density at radius 2 is 2.17 bits per heavy atom. The minimum atomic E-state index is 0.478. The van der Waals surface area contributed by atoms with E-state index in [-0.39, 0.29) is 0 Å². The minimum absolute atomic E-state index is 0.478. The topological polar surface area (TPSA) is 43.8 Å². The van der Waals surface area contributed by atoms with Crippen LogP contribution in [0.15, 0.2) is 12.5 Å². The Hall–Kier alpha value is -0.830. The number of hydrogen-bond acceptors (Lipinski definition) is 2. The van der Waals surface area contributed by atoms with Crippen molar-refractivity contribution in [2.75, 3.05) is 0 Å². The van der Waals surface area contributed by atoms with Gasteiger partial charge >= 0.3 is 0 Å². The van der Waals surface area contributed by atoms with E-state index in [9.17, 15) is 0 Å². The van der Waals surface area contributed by atoms with Crippen molar-refractivity contribution in [1.29, 1.82) is 0 Å². The molecule has 0 saturated carbocycles. The van der Waals surface area contributed by atoms with E-state index < -0.39 is 0 Å². The summed E-state index contributed by atoms with van der Waals surface area (Å²) >= 11 is 0. The number of nitrogens with zero attached hydrogens (tertiary/aromatic N) is 2. The Bertz CT molecular complexity index is 240. The van der Waals surface area contributed by atoms with E-state index >= 15 is 0 Å². The van der Waals surface area contributed by atoms with E-state index in [0.29, 0.717) is 18.5 Å². The largest absolute Gasteiger partial charge is 0.330 e. The molecule has 0 radical (unpaired) electrons. The van der Waals surface area contributed by atoms with Gasteiger partial charge in [0.05, 0.1) is 12.0 Å². The second kappa shape index (κ2) is 3.72. The van der Waals surface area contributed by atoms with Gasteiger partial charge in [0.25, 0.3) is 0 Å². The maximum Gasteiger partial charge on any atom is 0.0951 e. The standard InChI is InChI=1S/C9H17N3/c1-7(2)8(3)12-6-11-5-9(12)4-10/h5-8H,4,10H2,1-3H3. The Labute approximate surface area is 73.6 Å². The molecule has 0 aliphatic heterocycles. The van der Waals surface area contributed by atoms with Crippen molar-refractivity contribution in [3.63, 3.8) is 0 Å². The van der Waals surface area contributed by atoms with Gasteiger partial charge in [-0.05, 0) is 12.8 Å². The molecule has 1 atom stereocenters. The Balaban J connectivity index is 2.86. The van der Waals surface area contributed by atoms with Crippen molar-refractivity contribution < 1.29 is 0 Å². The first-order chi connectivity index (χ1) is 5.66. The maximum atomic E-state index is 5.57. The predicted octanol–water partition coefficient (Wildman–Crippen LogP) is 1.56. The van der Waals surface area contributed by atoms with Crippen molar-refractivity contribution in [2.45, 2.75) is 33.4 Å². The zero-order valence-corrected chi connectivity index (χ0v) is 7.99. The molecule has 3 nitrogen and oxygen atoms in total. The molecule has 0 bridgehead atoms. The van der Waals surface area contributed by atoms with Gasteiger partial charge in [0.15, 0.2) is 0 Å². The molecule has 2 N–H and O–H groups in total. The molecule has 68 valence electrons. The Kier molecular flexibility index (Phi) is 2.87. The third kappa shape index (κ3) is 1.67. The molecule has 0 aromatic carbocycles. The molecule has 1 aromatic rings. The smallest absolute Gasteiger partial charge is 0.0951 e. The quantitative estimate of drug-likeness (QED) is 0.742. The van der Waals surface area contributed by atoms with Gasteiger partial charge in [-0.3, -0.25) is 0 Å². The van der Waals surface area contributed by atoms with Gasteiger partial charge < -0.3 is 10.3 Å². The van der Waals surface area contributed by atoms with Gasteiger partial charge in [0, 0.05) is 18.8 Å². The van der Waals surface area contributed by atoms with Crippen LogP contribution in [0.4, 0.5) is 0 Å². The van der Waals surface area contributed by atoms with Gasteiger partial charge in [-0.15, -0.1) is 0 Å². The molecule has 0 fully saturated rings. The lowest BCUT2D eigenvalue weighted by atomic mass is 10.1. The monoisotopic (exact) mass is 167 g/mol. The molecule has 1 rings (SSSR count). The van der Waals surface area contributed by atoms with Crippen LogP contribution in [0.25, 0.3) is 0 Å². The molecular weight excluding hydrogens is 150 g/mol. The number of nitrogens with two attached hydrogens (primary N) is 1. The summed E-state index contributed by atoms with van der Waals surface area (Å²) in [6, 6.07) is 0.478. The zero-order valence-electron chi connectivity index (χ0n) is 7.99. The van der Waals surface area contributed by atoms with Crippen molar-refractivity contribution in [1.82, 2.24) is 9.55 Å². The number of aromatic nitrogens is 2. The Morgan fingerprint density at radius 1 is 1.50 bits per heavy atom. The number of hydrogen-bond donors (Lipinski definition) is 1. The summed E-state index contributed by atoms with van der Waals surface area (Å²) in [6.45, 7) is 7.15. The molecular formula is C9H17N3. The predicted molar refractivity (Wildman–Crippen MR) is 49.7 cm³/mol. The third-order valence-electron chi connectivity index (χ3n) is 2.36. The van der Waals surface area contributed by atoms with Crippen LogP contribution in [-0.2, 0) is 6.54 Å². The lowest BCUT2D eigenvalue weighted by Gasteiger charge is -2.19. The second-order valence-corrected chi connectivity index (χ2v) is 3.48. The van der Waals surface area contributed by atoms with Crippen LogP contribution in [-0.4, -0.2) is 9.55 Å². The molecule has 1 unspecified atom stereocenters. The summed E-state index contributed by atoms with van der Waals surface area (Å²) in [5.41, 5.74) is 6.68. The summed E-state index contributed by atoms with van der Waals surface area (Å²) in [7, 11) is 0. The minimum Gasteiger partial charge on any atom is -0.330 e. The van der Waals surface area contributed by atoms with Gasteiger partial charge in [-0.1, -0.05) is 13.8 Å². The molecule has 0 aliphatic rings. The molecule has 0 saturated heterocycles. The molecule has 0 aliphatic carbocycles. The van der Waals surface area contributed by atoms with Gasteiger partial charge in [0.2, 0.25) is 0 Å². The van der Waals surface area contributed by atoms with Crippen molar-refractivity contribution >= 4 is 0 Å². The zero-order chi connectivity index (χ0) is 9.14. The van der Waals surface area contributed by atoms with E-state index in [4.69, 9.17) is 5.73 Å². The fourth-order valence-corrected chi connectivity index (χ4v) is 1.18. The highest BCUT2D eigenvalue weighted by Gasteiger charge is 2.11. The SMILES string of the molecule is CC(C)C(C)n1cncc1CN. The van der Waals surface area contributed by atoms with Crippen molar-refractivity contribution in [3.05, 3.63) is 18.2 Å². The van der Waals surface area contributed by atoms with Gasteiger partial charge in [0.1, 0.15) is 0 Å². The van der Waals surface area contributed by atoms with Crippen LogP contribution in [0.3, 0.4) is 0 Å². The van der Waals surface area contributed by atoms with Crippen molar-refractivity contribution in [2.24, 2.45) is 11.7 Å². The first kappa shape index (κ1) is 9.26. The van der Waals surface area contributed by atoms with E-state index in [0.717, 1.165) is 5.69 Å². The molecule has 0 spiro atoms. The summed E-state index contributed by atoms with van der Waals surface area (Å²) in [6.07, 6.45) is 3.69. The van der Waals surface area contributed by atoms with Crippen LogP contribution in [0.1, 0.15) is 32.5 Å². The maximum absolute atomic E-state index is 5.57. The summed E-state index contributed by atoms with van der Waals surface area (Å²) in [5.74, 6) is 0.615. The van der Waals surface area contributed by atoms with Crippen LogP contribution in [0.5, 0.6) is 0 Å². The third-order valence-corrected chi connectivity index (χ3v) is 2.36. The molecule has 0 amide bonds. The number of imidazole rings is 1. The Morgan fingerprint density at radius 3 is 2.67 bits per heavy atom. The summed E-state index contributed by atoms with van der Waals surface area (Å²) < 4.78 is 2.14. The molecule has 3 heteroatoms. The summed E-state index contributed by atoms with van der Waals surface area (Å²) in [4.78, 5) is 4.08. The van der Waals surface area contributed by atoms with E-state index in [1.54, 1.807) is 0 Å².